The van der Waals surface area contributed by atoms with Gasteiger partial charge >= 0.3 is 0 Å². The van der Waals surface area contributed by atoms with Gasteiger partial charge in [-0.15, -0.1) is 0 Å². The van der Waals surface area contributed by atoms with Crippen molar-refractivity contribution in [2.45, 2.75) is 27.3 Å². The van der Waals surface area contributed by atoms with Crippen molar-refractivity contribution in [3.05, 3.63) is 64.7 Å². The molecule has 2 amide bonds. The molecule has 0 aliphatic carbocycles. The number of carbonyl (C=O) groups excluding carboxylic acids is 2. The van der Waals surface area contributed by atoms with E-state index in [0.717, 1.165) is 27.9 Å². The zero-order chi connectivity index (χ0) is 19.1. The Kier molecular flexibility index (Phi) is 6.92. The van der Waals surface area contributed by atoms with Crippen LogP contribution in [0.3, 0.4) is 0 Å². The quantitative estimate of drug-likeness (QED) is 0.805. The van der Waals surface area contributed by atoms with Gasteiger partial charge < -0.3 is 10.6 Å². The molecule has 0 saturated carbocycles. The van der Waals surface area contributed by atoms with Gasteiger partial charge in [-0.2, -0.15) is 0 Å². The van der Waals surface area contributed by atoms with Crippen LogP contribution >= 0.6 is 0 Å². The number of hydrogen-bond acceptors (Lipinski definition) is 3. The van der Waals surface area contributed by atoms with Crippen LogP contribution in [-0.2, 0) is 16.1 Å². The van der Waals surface area contributed by atoms with Gasteiger partial charge in [0, 0.05) is 12.2 Å². The molecule has 2 N–H and O–H groups in total. The van der Waals surface area contributed by atoms with Gasteiger partial charge in [-0.1, -0.05) is 42.5 Å². The second kappa shape index (κ2) is 9.15. The zero-order valence-corrected chi connectivity index (χ0v) is 15.9. The van der Waals surface area contributed by atoms with Gasteiger partial charge in [-0.05, 0) is 50.1 Å². The summed E-state index contributed by atoms with van der Waals surface area (Å²) in [5.74, 6) is -0.229. The fraction of sp³-hybridized carbons (Fsp3) is 0.333. The molecule has 0 unspecified atom stereocenters. The van der Waals surface area contributed by atoms with Crippen molar-refractivity contribution in [1.29, 1.82) is 0 Å². The number of nitrogens with one attached hydrogen (secondary N) is 2. The van der Waals surface area contributed by atoms with E-state index in [1.165, 1.54) is 0 Å². The Morgan fingerprint density at radius 3 is 2.08 bits per heavy atom. The van der Waals surface area contributed by atoms with Gasteiger partial charge in [0.2, 0.25) is 11.8 Å². The van der Waals surface area contributed by atoms with Crippen molar-refractivity contribution < 1.29 is 9.59 Å². The third kappa shape index (κ3) is 5.70. The molecule has 0 aromatic heterocycles. The van der Waals surface area contributed by atoms with E-state index in [-0.39, 0.29) is 24.9 Å². The number of likely N-dealkylation sites (N-methyl/N-ethyl adjacent to an activating group) is 1. The minimum Gasteiger partial charge on any atom is -0.351 e. The lowest BCUT2D eigenvalue weighted by atomic mass is 10.1. The first-order chi connectivity index (χ1) is 12.4. The summed E-state index contributed by atoms with van der Waals surface area (Å²) in [5.41, 5.74) is 5.13. The Morgan fingerprint density at radius 2 is 1.42 bits per heavy atom. The molecule has 26 heavy (non-hydrogen) atoms. The van der Waals surface area contributed by atoms with Gasteiger partial charge in [-0.3, -0.25) is 14.5 Å². The van der Waals surface area contributed by atoms with Crippen LogP contribution in [0.2, 0.25) is 0 Å². The lowest BCUT2D eigenvalue weighted by Crippen LogP contribution is -2.38. The van der Waals surface area contributed by atoms with E-state index in [9.17, 15) is 9.59 Å². The number of carbonyl (C=O) groups is 2. The van der Waals surface area contributed by atoms with Crippen LogP contribution < -0.4 is 10.6 Å². The number of nitrogens with zero attached hydrogens (tertiary/aromatic N) is 1. The van der Waals surface area contributed by atoms with Crippen molar-refractivity contribution in [2.24, 2.45) is 0 Å². The van der Waals surface area contributed by atoms with Crippen LogP contribution in [-0.4, -0.2) is 36.9 Å². The lowest BCUT2D eigenvalue weighted by Gasteiger charge is -2.17. The highest BCUT2D eigenvalue weighted by Crippen LogP contribution is 2.19. The van der Waals surface area contributed by atoms with Crippen LogP contribution in [0.25, 0.3) is 0 Å². The molecule has 0 atom stereocenters. The number of rotatable bonds is 7. The summed E-state index contributed by atoms with van der Waals surface area (Å²) < 4.78 is 0. The molecule has 2 aromatic rings. The first-order valence-electron chi connectivity index (χ1n) is 8.72. The van der Waals surface area contributed by atoms with Crippen molar-refractivity contribution in [2.75, 3.05) is 25.5 Å². The van der Waals surface area contributed by atoms with Gasteiger partial charge in [0.05, 0.1) is 13.1 Å². The zero-order valence-electron chi connectivity index (χ0n) is 15.9. The van der Waals surface area contributed by atoms with Gasteiger partial charge in [0.15, 0.2) is 0 Å². The molecule has 0 aliphatic heterocycles. The van der Waals surface area contributed by atoms with E-state index >= 15 is 0 Å². The first kappa shape index (κ1) is 19.7. The summed E-state index contributed by atoms with van der Waals surface area (Å²) in [7, 11) is 1.76. The Balaban J connectivity index is 1.80. The van der Waals surface area contributed by atoms with E-state index in [2.05, 4.69) is 10.6 Å². The number of benzene rings is 2. The number of hydrogen-bond donors (Lipinski definition) is 2. The second-order valence-electron chi connectivity index (χ2n) is 6.69. The third-order valence-electron chi connectivity index (χ3n) is 4.31. The summed E-state index contributed by atoms with van der Waals surface area (Å²) in [5, 5.41) is 5.84. The SMILES string of the molecule is Cc1ccccc1CNC(=O)CN(C)CC(=O)Nc1c(C)cccc1C. The molecule has 0 heterocycles. The van der Waals surface area contributed by atoms with Crippen molar-refractivity contribution in [3.8, 4) is 0 Å². The summed E-state index contributed by atoms with van der Waals surface area (Å²) in [4.78, 5) is 26.1. The highest BCUT2D eigenvalue weighted by Gasteiger charge is 2.12. The Morgan fingerprint density at radius 1 is 0.846 bits per heavy atom. The van der Waals surface area contributed by atoms with Crippen LogP contribution in [0.15, 0.2) is 42.5 Å². The molecule has 5 heteroatoms. The molecule has 0 spiro atoms. The van der Waals surface area contributed by atoms with E-state index in [0.29, 0.717) is 6.54 Å². The monoisotopic (exact) mass is 353 g/mol. The van der Waals surface area contributed by atoms with Crippen LogP contribution in [0.5, 0.6) is 0 Å². The maximum Gasteiger partial charge on any atom is 0.238 e. The second-order valence-corrected chi connectivity index (χ2v) is 6.69. The molecule has 0 saturated heterocycles. The van der Waals surface area contributed by atoms with Crippen molar-refractivity contribution in [3.63, 3.8) is 0 Å². The van der Waals surface area contributed by atoms with Crippen LogP contribution in [0.4, 0.5) is 5.69 Å². The highest BCUT2D eigenvalue weighted by atomic mass is 16.2. The lowest BCUT2D eigenvalue weighted by molar-refractivity contribution is -0.123. The number of anilines is 1. The summed E-state index contributed by atoms with van der Waals surface area (Å²) in [6.07, 6.45) is 0. The van der Waals surface area contributed by atoms with Gasteiger partial charge in [0.1, 0.15) is 0 Å². The minimum atomic E-state index is -0.128. The van der Waals surface area contributed by atoms with E-state index < -0.39 is 0 Å². The molecule has 0 radical (unpaired) electrons. The summed E-state index contributed by atoms with van der Waals surface area (Å²) >= 11 is 0. The molecule has 2 aromatic carbocycles. The number of para-hydroxylation sites is 1. The van der Waals surface area contributed by atoms with E-state index in [1.807, 2.05) is 63.2 Å². The molecular weight excluding hydrogens is 326 g/mol. The predicted octanol–water partition coefficient (Wildman–Crippen LogP) is 2.80. The van der Waals surface area contributed by atoms with Crippen molar-refractivity contribution in [1.82, 2.24) is 10.2 Å². The molecule has 2 rings (SSSR count). The van der Waals surface area contributed by atoms with Gasteiger partial charge in [-0.25, -0.2) is 0 Å². The third-order valence-corrected chi connectivity index (χ3v) is 4.31. The van der Waals surface area contributed by atoms with Crippen LogP contribution in [0.1, 0.15) is 22.3 Å². The Labute approximate surface area is 155 Å². The fourth-order valence-electron chi connectivity index (χ4n) is 2.79. The fourth-order valence-corrected chi connectivity index (χ4v) is 2.79. The van der Waals surface area contributed by atoms with Gasteiger partial charge in [0.25, 0.3) is 0 Å². The number of aryl methyl sites for hydroxylation is 3. The number of amides is 2. The average Bonchev–Trinajstić information content (AvgIpc) is 2.57. The summed E-state index contributed by atoms with van der Waals surface area (Å²) in [6.45, 7) is 6.77. The first-order valence-corrected chi connectivity index (χ1v) is 8.72. The molecular formula is C21H27N3O2. The maximum atomic E-state index is 12.2. The van der Waals surface area contributed by atoms with Crippen molar-refractivity contribution >= 4 is 17.5 Å². The smallest absolute Gasteiger partial charge is 0.238 e. The Hall–Kier alpha value is -2.66. The average molecular weight is 353 g/mol. The van der Waals surface area contributed by atoms with E-state index in [4.69, 9.17) is 0 Å². The Bertz CT molecular complexity index is 766. The topological polar surface area (TPSA) is 61.4 Å². The minimum absolute atomic E-state index is 0.101. The molecule has 0 fully saturated rings. The standard InChI is InChI=1S/C21H27N3O2/c1-15-8-5-6-11-18(15)12-22-19(25)13-24(4)14-20(26)23-21-16(2)9-7-10-17(21)3/h5-11H,12-14H2,1-4H3,(H,22,25)(H,23,26). The molecule has 0 aliphatic rings. The molecule has 5 nitrogen and oxygen atoms in total. The largest absolute Gasteiger partial charge is 0.351 e. The normalized spacial score (nSPS) is 10.7. The van der Waals surface area contributed by atoms with E-state index in [1.54, 1.807) is 11.9 Å². The summed E-state index contributed by atoms with van der Waals surface area (Å²) in [6, 6.07) is 13.8. The highest BCUT2D eigenvalue weighted by molar-refractivity contribution is 5.94. The van der Waals surface area contributed by atoms with Crippen LogP contribution in [0, 0.1) is 20.8 Å². The molecule has 0 bridgehead atoms. The maximum absolute atomic E-state index is 12.2. The molecule has 138 valence electrons. The predicted molar refractivity (Wildman–Crippen MR) is 105 cm³/mol.